The summed E-state index contributed by atoms with van der Waals surface area (Å²) in [7, 11) is 1.87. The van der Waals surface area contributed by atoms with Crippen LogP contribution < -0.4 is 4.74 Å². The summed E-state index contributed by atoms with van der Waals surface area (Å²) in [5.41, 5.74) is 1.51. The first-order chi connectivity index (χ1) is 7.08. The Morgan fingerprint density at radius 2 is 2.13 bits per heavy atom. The van der Waals surface area contributed by atoms with Gasteiger partial charge >= 0.3 is 5.97 Å². The Morgan fingerprint density at radius 3 is 2.80 bits per heavy atom. The van der Waals surface area contributed by atoms with Crippen LogP contribution in [0.25, 0.3) is 11.2 Å². The zero-order chi connectivity index (χ0) is 11.0. The number of imidazole rings is 1. The molecule has 15 heavy (non-hydrogen) atoms. The minimum absolute atomic E-state index is 0.304. The molecule has 0 fully saturated rings. The van der Waals surface area contributed by atoms with Crippen molar-refractivity contribution >= 4 is 17.1 Å². The lowest BCUT2D eigenvalue weighted by atomic mass is 10.4. The third kappa shape index (κ3) is 1.68. The van der Waals surface area contributed by atoms with Crippen molar-refractivity contribution in [1.82, 2.24) is 14.5 Å². The summed E-state index contributed by atoms with van der Waals surface area (Å²) in [6, 6.07) is 3.42. The fourth-order valence-corrected chi connectivity index (χ4v) is 1.36. The topological polar surface area (TPSA) is 57.0 Å². The van der Waals surface area contributed by atoms with E-state index in [-0.39, 0.29) is 5.97 Å². The number of esters is 1. The van der Waals surface area contributed by atoms with Crippen molar-refractivity contribution in [1.29, 1.82) is 0 Å². The van der Waals surface area contributed by atoms with E-state index >= 15 is 0 Å². The lowest BCUT2D eigenvalue weighted by molar-refractivity contribution is -0.132. The van der Waals surface area contributed by atoms with Gasteiger partial charge in [0.1, 0.15) is 11.3 Å². The number of fused-ring (bicyclic) bond motifs is 1. The molecule has 0 radical (unpaired) electrons. The van der Waals surface area contributed by atoms with Gasteiger partial charge in [0.25, 0.3) is 0 Å². The number of ether oxygens (including phenoxy) is 1. The van der Waals surface area contributed by atoms with Crippen LogP contribution >= 0.6 is 0 Å². The predicted octanol–water partition coefficient (Wildman–Crippen LogP) is 1.20. The number of nitrogens with zero attached hydrogens (tertiary/aromatic N) is 3. The Bertz CT molecular complexity index is 531. The van der Waals surface area contributed by atoms with E-state index in [0.717, 1.165) is 11.3 Å². The number of pyridine rings is 1. The van der Waals surface area contributed by atoms with Crippen LogP contribution in [-0.2, 0) is 11.8 Å². The molecule has 0 amide bonds. The number of carbonyl (C=O) groups excluding carboxylic acids is 1. The Kier molecular flexibility index (Phi) is 2.15. The molecule has 0 aliphatic rings. The highest BCUT2D eigenvalue weighted by Crippen LogP contribution is 2.16. The van der Waals surface area contributed by atoms with E-state index in [9.17, 15) is 4.79 Å². The number of aryl methyl sites for hydroxylation is 2. The molecule has 0 unspecified atom stereocenters. The van der Waals surface area contributed by atoms with Crippen molar-refractivity contribution in [2.75, 3.05) is 0 Å². The van der Waals surface area contributed by atoms with Crippen molar-refractivity contribution < 1.29 is 9.53 Å². The van der Waals surface area contributed by atoms with Gasteiger partial charge in [-0.25, -0.2) is 4.98 Å². The Hall–Kier alpha value is -1.91. The minimum atomic E-state index is -0.374. The molecule has 78 valence electrons. The first kappa shape index (κ1) is 9.64. The molecule has 2 rings (SSSR count). The maximum Gasteiger partial charge on any atom is 0.309 e. The van der Waals surface area contributed by atoms with Crippen LogP contribution in [-0.4, -0.2) is 20.5 Å². The number of rotatable bonds is 1. The Labute approximate surface area is 86.7 Å². The van der Waals surface area contributed by atoms with Crippen molar-refractivity contribution in [3.63, 3.8) is 0 Å². The van der Waals surface area contributed by atoms with Crippen molar-refractivity contribution in [3.8, 4) is 5.88 Å². The first-order valence-electron chi connectivity index (χ1n) is 4.56. The van der Waals surface area contributed by atoms with Crippen molar-refractivity contribution in [3.05, 3.63) is 18.0 Å². The molecule has 0 bridgehead atoms. The summed E-state index contributed by atoms with van der Waals surface area (Å²) < 4.78 is 6.74. The van der Waals surface area contributed by atoms with E-state index in [1.807, 2.05) is 18.5 Å². The maximum atomic E-state index is 10.8. The minimum Gasteiger partial charge on any atom is -0.408 e. The Balaban J connectivity index is 2.54. The third-order valence-corrected chi connectivity index (χ3v) is 2.16. The van der Waals surface area contributed by atoms with Gasteiger partial charge in [0.15, 0.2) is 5.65 Å². The predicted molar refractivity (Wildman–Crippen MR) is 54.6 cm³/mol. The van der Waals surface area contributed by atoms with Gasteiger partial charge in [0.05, 0.1) is 0 Å². The van der Waals surface area contributed by atoms with E-state index in [0.29, 0.717) is 11.5 Å². The van der Waals surface area contributed by atoms with Gasteiger partial charge in [-0.1, -0.05) is 0 Å². The van der Waals surface area contributed by atoms with Crippen LogP contribution in [0.3, 0.4) is 0 Å². The highest BCUT2D eigenvalue weighted by atomic mass is 16.5. The SMILES string of the molecule is CC(=O)Oc1ccc2nc(C)n(C)c2n1. The molecule has 0 spiro atoms. The standard InChI is InChI=1S/C10H11N3O2/c1-6-11-8-4-5-9(15-7(2)14)12-10(8)13(6)3/h4-5H,1-3H3. The largest absolute Gasteiger partial charge is 0.408 e. The fourth-order valence-electron chi connectivity index (χ4n) is 1.36. The van der Waals surface area contributed by atoms with Gasteiger partial charge in [0, 0.05) is 20.0 Å². The van der Waals surface area contributed by atoms with Gasteiger partial charge in [-0.05, 0) is 13.0 Å². The lowest BCUT2D eigenvalue weighted by Crippen LogP contribution is -2.03. The molecule has 0 aliphatic heterocycles. The number of hydrogen-bond donors (Lipinski definition) is 0. The lowest BCUT2D eigenvalue weighted by Gasteiger charge is -2.00. The summed E-state index contributed by atoms with van der Waals surface area (Å²) in [5, 5.41) is 0. The van der Waals surface area contributed by atoms with E-state index in [4.69, 9.17) is 4.74 Å². The van der Waals surface area contributed by atoms with Crippen LogP contribution in [0, 0.1) is 6.92 Å². The zero-order valence-electron chi connectivity index (χ0n) is 8.81. The van der Waals surface area contributed by atoms with Gasteiger partial charge in [0.2, 0.25) is 5.88 Å². The normalized spacial score (nSPS) is 10.6. The second kappa shape index (κ2) is 3.34. The molecule has 5 heteroatoms. The van der Waals surface area contributed by atoms with Crippen LogP contribution in [0.2, 0.25) is 0 Å². The third-order valence-electron chi connectivity index (χ3n) is 2.16. The summed E-state index contributed by atoms with van der Waals surface area (Å²) in [6.07, 6.45) is 0. The second-order valence-corrected chi connectivity index (χ2v) is 3.30. The van der Waals surface area contributed by atoms with Gasteiger partial charge in [-0.3, -0.25) is 4.79 Å². The second-order valence-electron chi connectivity index (χ2n) is 3.30. The molecule has 2 heterocycles. The highest BCUT2D eigenvalue weighted by molar-refractivity contribution is 5.74. The number of aromatic nitrogens is 3. The average molecular weight is 205 g/mol. The van der Waals surface area contributed by atoms with Gasteiger partial charge in [-0.15, -0.1) is 0 Å². The Morgan fingerprint density at radius 1 is 1.40 bits per heavy atom. The van der Waals surface area contributed by atoms with Crippen LogP contribution in [0.1, 0.15) is 12.7 Å². The molecule has 0 saturated carbocycles. The molecule has 2 aromatic rings. The molecule has 0 aromatic carbocycles. The monoisotopic (exact) mass is 205 g/mol. The highest BCUT2D eigenvalue weighted by Gasteiger charge is 2.07. The first-order valence-corrected chi connectivity index (χ1v) is 4.56. The molecular weight excluding hydrogens is 194 g/mol. The summed E-state index contributed by atoms with van der Waals surface area (Å²) in [6.45, 7) is 3.24. The van der Waals surface area contributed by atoms with Crippen LogP contribution in [0.15, 0.2) is 12.1 Å². The summed E-state index contributed by atoms with van der Waals surface area (Å²) in [4.78, 5) is 19.2. The zero-order valence-corrected chi connectivity index (χ0v) is 8.81. The van der Waals surface area contributed by atoms with Crippen LogP contribution in [0.5, 0.6) is 5.88 Å². The quantitative estimate of drug-likeness (QED) is 0.656. The molecular formula is C10H11N3O2. The van der Waals surface area contributed by atoms with Gasteiger partial charge < -0.3 is 9.30 Å². The van der Waals surface area contributed by atoms with E-state index in [1.54, 1.807) is 12.1 Å². The molecule has 2 aromatic heterocycles. The van der Waals surface area contributed by atoms with Crippen molar-refractivity contribution in [2.24, 2.45) is 7.05 Å². The van der Waals surface area contributed by atoms with E-state index < -0.39 is 0 Å². The molecule has 0 aliphatic carbocycles. The fraction of sp³-hybridized carbons (Fsp3) is 0.300. The number of carbonyl (C=O) groups is 1. The molecule has 5 nitrogen and oxygen atoms in total. The maximum absolute atomic E-state index is 10.8. The molecule has 0 N–H and O–H groups in total. The van der Waals surface area contributed by atoms with Gasteiger partial charge in [-0.2, -0.15) is 4.98 Å². The molecule has 0 saturated heterocycles. The summed E-state index contributed by atoms with van der Waals surface area (Å²) in [5.74, 6) is 0.802. The smallest absolute Gasteiger partial charge is 0.309 e. The van der Waals surface area contributed by atoms with E-state index in [2.05, 4.69) is 9.97 Å². The summed E-state index contributed by atoms with van der Waals surface area (Å²) >= 11 is 0. The number of hydrogen-bond acceptors (Lipinski definition) is 4. The van der Waals surface area contributed by atoms with E-state index in [1.165, 1.54) is 6.92 Å². The van der Waals surface area contributed by atoms with Crippen LogP contribution in [0.4, 0.5) is 0 Å². The average Bonchev–Trinajstić information content (AvgIpc) is 2.43. The molecule has 0 atom stereocenters. The van der Waals surface area contributed by atoms with Crippen molar-refractivity contribution in [2.45, 2.75) is 13.8 Å².